The Morgan fingerprint density at radius 1 is 1.43 bits per heavy atom. The van der Waals surface area contributed by atoms with Gasteiger partial charge in [0.15, 0.2) is 0 Å². The van der Waals surface area contributed by atoms with Crippen LogP contribution in [0, 0.1) is 0 Å². The monoisotopic (exact) mass is 101 g/mol. The van der Waals surface area contributed by atoms with Crippen molar-refractivity contribution in [3.63, 3.8) is 0 Å². The van der Waals surface area contributed by atoms with Crippen molar-refractivity contribution in [2.75, 3.05) is 7.11 Å². The third-order valence-corrected chi connectivity index (χ3v) is 0.862. The van der Waals surface area contributed by atoms with Crippen molar-refractivity contribution in [3.8, 4) is 0 Å². The molecule has 0 fully saturated rings. The van der Waals surface area contributed by atoms with Gasteiger partial charge in [0.25, 0.3) is 0 Å². The first-order valence-corrected chi connectivity index (χ1v) is 2.15. The summed E-state index contributed by atoms with van der Waals surface area (Å²) in [4.78, 5) is 0. The lowest BCUT2D eigenvalue weighted by atomic mass is 10.4. The van der Waals surface area contributed by atoms with Gasteiger partial charge in [0.2, 0.25) is 0 Å². The van der Waals surface area contributed by atoms with E-state index in [1.807, 2.05) is 6.92 Å². The van der Waals surface area contributed by atoms with Gasteiger partial charge >= 0.3 is 0 Å². The molecule has 0 radical (unpaired) electrons. The highest BCUT2D eigenvalue weighted by molar-refractivity contribution is 4.96. The molecule has 2 heteroatoms. The molecule has 0 unspecified atom stereocenters. The highest BCUT2D eigenvalue weighted by atomic mass is 16.5. The van der Waals surface area contributed by atoms with E-state index in [2.05, 4.69) is 0 Å². The number of allylic oxidation sites excluding steroid dienone is 2. The number of ether oxygens (including phenoxy) is 1. The largest absolute Gasteiger partial charge is 0.500 e. The van der Waals surface area contributed by atoms with Crippen LogP contribution < -0.4 is 5.73 Å². The van der Waals surface area contributed by atoms with Gasteiger partial charge in [-0.1, -0.05) is 0 Å². The maximum Gasteiger partial charge on any atom is 0.111 e. The van der Waals surface area contributed by atoms with E-state index in [9.17, 15) is 0 Å². The second kappa shape index (κ2) is 2.50. The summed E-state index contributed by atoms with van der Waals surface area (Å²) in [5.41, 5.74) is 6.04. The van der Waals surface area contributed by atoms with E-state index in [0.29, 0.717) is 0 Å². The van der Waals surface area contributed by atoms with E-state index < -0.39 is 0 Å². The second-order valence-electron chi connectivity index (χ2n) is 1.44. The van der Waals surface area contributed by atoms with Gasteiger partial charge in [-0.3, -0.25) is 0 Å². The Hall–Kier alpha value is -0.660. The molecule has 0 heterocycles. The molecule has 0 aromatic heterocycles. The minimum Gasteiger partial charge on any atom is -0.500 e. The van der Waals surface area contributed by atoms with Gasteiger partial charge in [-0.05, 0) is 13.8 Å². The van der Waals surface area contributed by atoms with Gasteiger partial charge in [-0.25, -0.2) is 0 Å². The van der Waals surface area contributed by atoms with Crippen LogP contribution >= 0.6 is 0 Å². The van der Waals surface area contributed by atoms with Crippen molar-refractivity contribution in [2.45, 2.75) is 13.8 Å². The lowest BCUT2D eigenvalue weighted by Crippen LogP contribution is -1.96. The summed E-state index contributed by atoms with van der Waals surface area (Å²) in [6.45, 7) is 3.63. The minimum atomic E-state index is 0.738. The maximum absolute atomic E-state index is 5.30. The Kier molecular flexibility index (Phi) is 2.27. The third-order valence-electron chi connectivity index (χ3n) is 0.862. The normalized spacial score (nSPS) is 13.0. The van der Waals surface area contributed by atoms with E-state index in [4.69, 9.17) is 10.5 Å². The molecule has 0 aromatic carbocycles. The fourth-order valence-electron chi connectivity index (χ4n) is 0.161. The van der Waals surface area contributed by atoms with Gasteiger partial charge in [0.1, 0.15) is 5.76 Å². The molecule has 0 bridgehead atoms. The molecule has 0 aliphatic carbocycles. The number of hydrogen-bond acceptors (Lipinski definition) is 2. The van der Waals surface area contributed by atoms with Crippen molar-refractivity contribution in [2.24, 2.45) is 5.73 Å². The molecule has 0 saturated carbocycles. The van der Waals surface area contributed by atoms with Crippen LogP contribution in [0.1, 0.15) is 13.8 Å². The number of nitrogens with two attached hydrogens (primary N) is 1. The van der Waals surface area contributed by atoms with Gasteiger partial charge in [0, 0.05) is 5.70 Å². The van der Waals surface area contributed by atoms with Crippen LogP contribution in [0.25, 0.3) is 0 Å². The van der Waals surface area contributed by atoms with Gasteiger partial charge < -0.3 is 10.5 Å². The SMILES string of the molecule is CO/C(C)=C(/C)N. The molecule has 0 saturated heterocycles. The summed E-state index contributed by atoms with van der Waals surface area (Å²) in [6, 6.07) is 0. The van der Waals surface area contributed by atoms with Crippen LogP contribution in [-0.2, 0) is 4.74 Å². The molecule has 42 valence electrons. The molecule has 2 nitrogen and oxygen atoms in total. The number of hydrogen-bond donors (Lipinski definition) is 1. The highest BCUT2D eigenvalue weighted by Gasteiger charge is 1.84. The van der Waals surface area contributed by atoms with E-state index >= 15 is 0 Å². The average molecular weight is 101 g/mol. The van der Waals surface area contributed by atoms with Crippen LogP contribution in [0.2, 0.25) is 0 Å². The third kappa shape index (κ3) is 2.09. The minimum absolute atomic E-state index is 0.738. The predicted octanol–water partition coefficient (Wildman–Crippen LogP) is 0.843. The zero-order valence-electron chi connectivity index (χ0n) is 4.99. The lowest BCUT2D eigenvalue weighted by molar-refractivity contribution is 0.288. The van der Waals surface area contributed by atoms with Crippen LogP contribution in [0.3, 0.4) is 0 Å². The average Bonchev–Trinajstić information content (AvgIpc) is 1.65. The molecule has 0 aliphatic heterocycles. The van der Waals surface area contributed by atoms with Gasteiger partial charge in [-0.2, -0.15) is 0 Å². The van der Waals surface area contributed by atoms with Crippen LogP contribution in [-0.4, -0.2) is 7.11 Å². The molecule has 0 amide bonds. The summed E-state index contributed by atoms with van der Waals surface area (Å²) in [5, 5.41) is 0. The van der Waals surface area contributed by atoms with Crippen molar-refractivity contribution in [3.05, 3.63) is 11.5 Å². The predicted molar refractivity (Wildman–Crippen MR) is 29.6 cm³/mol. The fourth-order valence-corrected chi connectivity index (χ4v) is 0.161. The standard InChI is InChI=1S/C5H11NO/c1-4(6)5(2)7-3/h6H2,1-3H3/b5-4-. The van der Waals surface area contributed by atoms with E-state index in [-0.39, 0.29) is 0 Å². The lowest BCUT2D eigenvalue weighted by Gasteiger charge is -1.98. The molecule has 0 spiro atoms. The summed E-state index contributed by atoms with van der Waals surface area (Å²) in [7, 11) is 1.60. The molecule has 2 N–H and O–H groups in total. The maximum atomic E-state index is 5.30. The Morgan fingerprint density at radius 2 is 1.86 bits per heavy atom. The van der Waals surface area contributed by atoms with Crippen molar-refractivity contribution in [1.29, 1.82) is 0 Å². The highest BCUT2D eigenvalue weighted by Crippen LogP contribution is 1.94. The molecule has 0 atom stereocenters. The summed E-state index contributed by atoms with van der Waals surface area (Å²) in [6.07, 6.45) is 0. The van der Waals surface area contributed by atoms with Crippen molar-refractivity contribution >= 4 is 0 Å². The summed E-state index contributed by atoms with van der Waals surface area (Å²) in [5.74, 6) is 0.792. The topological polar surface area (TPSA) is 35.2 Å². The first kappa shape index (κ1) is 6.34. The molecular weight excluding hydrogens is 90.1 g/mol. The fraction of sp³-hybridized carbons (Fsp3) is 0.600. The Balaban J connectivity index is 3.72. The Labute approximate surface area is 44.0 Å². The zero-order chi connectivity index (χ0) is 5.86. The van der Waals surface area contributed by atoms with Crippen LogP contribution in [0.4, 0.5) is 0 Å². The second-order valence-corrected chi connectivity index (χ2v) is 1.44. The van der Waals surface area contributed by atoms with Crippen molar-refractivity contribution in [1.82, 2.24) is 0 Å². The first-order chi connectivity index (χ1) is 3.18. The van der Waals surface area contributed by atoms with Gasteiger partial charge in [-0.15, -0.1) is 0 Å². The molecule has 0 rings (SSSR count). The number of methoxy groups -OCH3 is 1. The van der Waals surface area contributed by atoms with Crippen LogP contribution in [0.15, 0.2) is 11.5 Å². The molecule has 7 heavy (non-hydrogen) atoms. The summed E-state index contributed by atoms with van der Waals surface area (Å²) < 4.78 is 4.77. The Bertz CT molecular complexity index is 82.1. The van der Waals surface area contributed by atoms with E-state index in [1.54, 1.807) is 14.0 Å². The van der Waals surface area contributed by atoms with Crippen molar-refractivity contribution < 1.29 is 4.74 Å². The molecule has 0 aliphatic rings. The van der Waals surface area contributed by atoms with Crippen LogP contribution in [0.5, 0.6) is 0 Å². The Morgan fingerprint density at radius 3 is 1.86 bits per heavy atom. The molecular formula is C5H11NO. The first-order valence-electron chi connectivity index (χ1n) is 2.15. The van der Waals surface area contributed by atoms with Gasteiger partial charge in [0.05, 0.1) is 7.11 Å². The van der Waals surface area contributed by atoms with E-state index in [0.717, 1.165) is 11.5 Å². The van der Waals surface area contributed by atoms with E-state index in [1.165, 1.54) is 0 Å². The molecule has 0 aromatic rings. The quantitative estimate of drug-likeness (QED) is 0.497. The zero-order valence-corrected chi connectivity index (χ0v) is 4.99. The number of rotatable bonds is 1. The summed E-state index contributed by atoms with van der Waals surface area (Å²) >= 11 is 0. The smallest absolute Gasteiger partial charge is 0.111 e.